The van der Waals surface area contributed by atoms with E-state index in [1.807, 2.05) is 30.3 Å². The summed E-state index contributed by atoms with van der Waals surface area (Å²) in [6.07, 6.45) is 2.19. The van der Waals surface area contributed by atoms with E-state index in [1.54, 1.807) is 0 Å². The van der Waals surface area contributed by atoms with Crippen molar-refractivity contribution in [3.05, 3.63) is 66.2 Å². The number of rotatable bonds is 8. The summed E-state index contributed by atoms with van der Waals surface area (Å²) >= 11 is 1.38. The fourth-order valence-electron chi connectivity index (χ4n) is 3.30. The van der Waals surface area contributed by atoms with Crippen molar-refractivity contribution in [3.8, 4) is 0 Å². The van der Waals surface area contributed by atoms with Crippen molar-refractivity contribution in [2.24, 2.45) is 0 Å². The predicted molar refractivity (Wildman–Crippen MR) is 134 cm³/mol. The highest BCUT2D eigenvalue weighted by Gasteiger charge is 2.16. The van der Waals surface area contributed by atoms with Gasteiger partial charge >= 0.3 is 0 Å². The molecule has 0 aromatic heterocycles. The molecule has 0 atom stereocenters. The molecule has 0 saturated carbocycles. The zero-order valence-corrected chi connectivity index (χ0v) is 19.6. The van der Waals surface area contributed by atoms with Crippen LogP contribution in [0.2, 0.25) is 0 Å². The average Bonchev–Trinajstić information content (AvgIpc) is 2.72. The number of anilines is 1. The Balaban J connectivity index is 0.00000280. The Morgan fingerprint density at radius 2 is 1.37 bits per heavy atom. The lowest BCUT2D eigenvalue weighted by Crippen LogP contribution is -2.47. The van der Waals surface area contributed by atoms with E-state index in [9.17, 15) is 4.79 Å². The molecule has 0 spiro atoms. The molecule has 0 bridgehead atoms. The molecule has 2 aromatic carbocycles. The van der Waals surface area contributed by atoms with Gasteiger partial charge in [0.15, 0.2) is 0 Å². The van der Waals surface area contributed by atoms with Crippen molar-refractivity contribution in [1.82, 2.24) is 9.80 Å². The van der Waals surface area contributed by atoms with Gasteiger partial charge in [-0.2, -0.15) is 0 Å². The van der Waals surface area contributed by atoms with Gasteiger partial charge in [-0.25, -0.2) is 0 Å². The first kappa shape index (κ1) is 28.7. The van der Waals surface area contributed by atoms with E-state index in [0.717, 1.165) is 63.6 Å². The second kappa shape index (κ2) is 16.4. The predicted octanol–water partition coefficient (Wildman–Crippen LogP) is 4.22. The van der Waals surface area contributed by atoms with Crippen molar-refractivity contribution in [2.75, 3.05) is 50.3 Å². The number of carbonyl (C=O) groups excluding carboxylic acids is 1. The van der Waals surface area contributed by atoms with Crippen LogP contribution in [0.5, 0.6) is 0 Å². The van der Waals surface area contributed by atoms with E-state index in [4.69, 9.17) is 0 Å². The number of nitrogens with zero attached hydrogens (tertiary/aromatic N) is 2. The summed E-state index contributed by atoms with van der Waals surface area (Å²) in [6, 6.07) is 20.4. The Morgan fingerprint density at radius 1 is 0.833 bits per heavy atom. The fourth-order valence-corrected chi connectivity index (χ4v) is 3.95. The normalized spacial score (nSPS) is 14.0. The van der Waals surface area contributed by atoms with Crippen LogP contribution in [0.1, 0.15) is 12.0 Å². The molecule has 0 radical (unpaired) electrons. The van der Waals surface area contributed by atoms with Crippen LogP contribution in [-0.4, -0.2) is 65.5 Å². The van der Waals surface area contributed by atoms with Gasteiger partial charge in [0.05, 0.1) is 0 Å². The average molecular weight is 474 g/mol. The number of carbonyl (C=O) groups is 1. The highest BCUT2D eigenvalue weighted by Crippen LogP contribution is 2.12. The van der Waals surface area contributed by atoms with Crippen LogP contribution in [-0.2, 0) is 6.42 Å². The smallest absolute Gasteiger partial charge is 0.283 e. The maximum atomic E-state index is 11.9. The first-order valence-electron chi connectivity index (χ1n) is 9.77. The van der Waals surface area contributed by atoms with Gasteiger partial charge < -0.3 is 20.6 Å². The molecule has 30 heavy (non-hydrogen) atoms. The Labute approximate surface area is 196 Å². The van der Waals surface area contributed by atoms with Crippen LogP contribution in [0.25, 0.3) is 0 Å². The molecule has 1 heterocycles. The number of thioether (sulfide) groups is 1. The standard InChI is InChI=1S/C22H29N3OS.2ClH.H2O/c26-22(23-21-10-5-2-6-11-21)27-19-7-13-24-15-17-25(18-16-24)14-12-20-8-3-1-4-9-20;;;/h1-6,8-11H,7,12-19H2,(H,23,26);2*1H;1H2. The molecule has 1 saturated heterocycles. The molecule has 0 unspecified atom stereocenters. The third-order valence-corrected chi connectivity index (χ3v) is 5.75. The summed E-state index contributed by atoms with van der Waals surface area (Å²) in [5, 5.41) is 2.95. The molecule has 8 heteroatoms. The summed E-state index contributed by atoms with van der Waals surface area (Å²) in [7, 11) is 0. The largest absolute Gasteiger partial charge is 0.412 e. The third kappa shape index (κ3) is 10.7. The number of halogens is 2. The van der Waals surface area contributed by atoms with Gasteiger partial charge in [-0.1, -0.05) is 60.3 Å². The number of nitrogens with one attached hydrogen (secondary N) is 1. The van der Waals surface area contributed by atoms with E-state index in [1.165, 1.54) is 17.3 Å². The Hall–Kier alpha value is -1.28. The van der Waals surface area contributed by atoms with Crippen molar-refractivity contribution in [1.29, 1.82) is 0 Å². The topological polar surface area (TPSA) is 67.1 Å². The van der Waals surface area contributed by atoms with Gasteiger partial charge in [0.1, 0.15) is 0 Å². The first-order valence-corrected chi connectivity index (χ1v) is 10.8. The number of hydrogen-bond acceptors (Lipinski definition) is 4. The van der Waals surface area contributed by atoms with Crippen LogP contribution in [0, 0.1) is 0 Å². The number of hydrogen-bond donors (Lipinski definition) is 1. The summed E-state index contributed by atoms with van der Waals surface area (Å²) in [4.78, 5) is 17.0. The zero-order chi connectivity index (χ0) is 18.7. The van der Waals surface area contributed by atoms with Gasteiger partial charge in [-0.3, -0.25) is 4.79 Å². The van der Waals surface area contributed by atoms with Crippen LogP contribution >= 0.6 is 36.6 Å². The molecule has 1 amide bonds. The molecule has 3 N–H and O–H groups in total. The summed E-state index contributed by atoms with van der Waals surface area (Å²) in [5.41, 5.74) is 2.28. The summed E-state index contributed by atoms with van der Waals surface area (Å²) in [5.74, 6) is 0.868. The minimum atomic E-state index is 0. The minimum Gasteiger partial charge on any atom is -0.412 e. The van der Waals surface area contributed by atoms with Crippen molar-refractivity contribution in [3.63, 3.8) is 0 Å². The number of amides is 1. The van der Waals surface area contributed by atoms with Crippen LogP contribution in [0.3, 0.4) is 0 Å². The summed E-state index contributed by atoms with van der Waals surface area (Å²) in [6.45, 7) is 6.79. The highest BCUT2D eigenvalue weighted by molar-refractivity contribution is 8.13. The summed E-state index contributed by atoms with van der Waals surface area (Å²) < 4.78 is 0. The lowest BCUT2D eigenvalue weighted by molar-refractivity contribution is 0.134. The maximum Gasteiger partial charge on any atom is 0.283 e. The molecule has 168 valence electrons. The van der Waals surface area contributed by atoms with E-state index >= 15 is 0 Å². The van der Waals surface area contributed by atoms with Crippen LogP contribution < -0.4 is 5.32 Å². The highest BCUT2D eigenvalue weighted by atomic mass is 35.5. The Kier molecular flexibility index (Phi) is 15.7. The van der Waals surface area contributed by atoms with Crippen molar-refractivity contribution < 1.29 is 10.3 Å². The quantitative estimate of drug-likeness (QED) is 0.582. The number of para-hydroxylation sites is 1. The molecule has 5 nitrogen and oxygen atoms in total. The number of piperazine rings is 1. The monoisotopic (exact) mass is 473 g/mol. The number of benzene rings is 2. The minimum absolute atomic E-state index is 0. The second-order valence-electron chi connectivity index (χ2n) is 6.90. The van der Waals surface area contributed by atoms with Gasteiger partial charge in [-0.15, -0.1) is 24.8 Å². The molecule has 3 rings (SSSR count). The third-order valence-electron chi connectivity index (χ3n) is 4.90. The second-order valence-corrected chi connectivity index (χ2v) is 7.97. The lowest BCUT2D eigenvalue weighted by atomic mass is 10.1. The molecule has 0 aliphatic carbocycles. The molecule has 1 aliphatic heterocycles. The molecule has 1 aliphatic rings. The van der Waals surface area contributed by atoms with Crippen molar-refractivity contribution >= 4 is 47.5 Å². The molecular weight excluding hydrogens is 441 g/mol. The van der Waals surface area contributed by atoms with Crippen LogP contribution in [0.15, 0.2) is 60.7 Å². The van der Waals surface area contributed by atoms with Gasteiger partial charge in [0.2, 0.25) is 0 Å². The fraction of sp³-hybridized carbons (Fsp3) is 0.409. The van der Waals surface area contributed by atoms with Crippen molar-refractivity contribution in [2.45, 2.75) is 12.8 Å². The van der Waals surface area contributed by atoms with E-state index in [0.29, 0.717) is 0 Å². The zero-order valence-electron chi connectivity index (χ0n) is 17.2. The van der Waals surface area contributed by atoms with Gasteiger partial charge in [-0.05, 0) is 37.1 Å². The Bertz CT molecular complexity index is 687. The Morgan fingerprint density at radius 3 is 1.97 bits per heavy atom. The van der Waals surface area contributed by atoms with E-state index in [2.05, 4.69) is 45.4 Å². The SMILES string of the molecule is Cl.Cl.O.O=C(Nc1ccccc1)SCCCN1CCN(CCc2ccccc2)CC1. The lowest BCUT2D eigenvalue weighted by Gasteiger charge is -2.34. The molecular formula is C22H33Cl2N3O2S. The van der Waals surface area contributed by atoms with E-state index in [-0.39, 0.29) is 35.5 Å². The first-order chi connectivity index (χ1) is 13.3. The maximum absolute atomic E-state index is 11.9. The molecule has 2 aromatic rings. The van der Waals surface area contributed by atoms with E-state index < -0.39 is 0 Å². The van der Waals surface area contributed by atoms with Gasteiger partial charge in [0, 0.05) is 44.2 Å². The van der Waals surface area contributed by atoms with Gasteiger partial charge in [0.25, 0.3) is 5.24 Å². The van der Waals surface area contributed by atoms with Crippen LogP contribution in [0.4, 0.5) is 10.5 Å². The molecule has 1 fully saturated rings.